The van der Waals surface area contributed by atoms with E-state index < -0.39 is 52.7 Å². The van der Waals surface area contributed by atoms with Crippen LogP contribution in [-0.4, -0.2) is 6.11 Å². The highest BCUT2D eigenvalue weighted by Gasteiger charge is 2.45. The molecule has 2 aromatic carbocycles. The van der Waals surface area contributed by atoms with Crippen molar-refractivity contribution in [2.75, 3.05) is 0 Å². The molecule has 0 bridgehead atoms. The van der Waals surface area contributed by atoms with Crippen LogP contribution in [0.15, 0.2) is 48.3 Å². The number of halogens is 8. The van der Waals surface area contributed by atoms with Crippen LogP contribution in [0.4, 0.5) is 35.1 Å². The molecule has 1 nitrogen and oxygen atoms in total. The van der Waals surface area contributed by atoms with Crippen LogP contribution in [0.1, 0.15) is 107 Å². The summed E-state index contributed by atoms with van der Waals surface area (Å²) >= 11 is 0. The molecule has 0 amide bonds. The van der Waals surface area contributed by atoms with Crippen molar-refractivity contribution in [1.82, 2.24) is 0 Å². The number of hydrogen-bond acceptors (Lipinski definition) is 1. The fourth-order valence-corrected chi connectivity index (χ4v) is 7.81. The average Bonchev–Trinajstić information content (AvgIpc) is 3.06. The van der Waals surface area contributed by atoms with E-state index in [-0.39, 0.29) is 30.7 Å². The van der Waals surface area contributed by atoms with Crippen molar-refractivity contribution >= 4 is 5.83 Å². The molecule has 46 heavy (non-hydrogen) atoms. The molecule has 0 aromatic heterocycles. The third-order valence-corrected chi connectivity index (χ3v) is 10.6. The Hall–Kier alpha value is -2.84. The Morgan fingerprint density at radius 2 is 1.24 bits per heavy atom. The third kappa shape index (κ3) is 8.17. The van der Waals surface area contributed by atoms with E-state index in [4.69, 9.17) is 0 Å². The minimum Gasteiger partial charge on any atom is -0.432 e. The molecule has 3 fully saturated rings. The second-order valence-corrected chi connectivity index (χ2v) is 13.5. The Kier molecular flexibility index (Phi) is 11.2. The molecule has 3 aliphatic carbocycles. The van der Waals surface area contributed by atoms with Crippen molar-refractivity contribution in [2.45, 2.75) is 102 Å². The normalized spacial score (nSPS) is 28.3. The number of hydrogen-bond donors (Lipinski definition) is 0. The van der Waals surface area contributed by atoms with Crippen LogP contribution in [0, 0.1) is 52.9 Å². The second-order valence-electron chi connectivity index (χ2n) is 13.5. The van der Waals surface area contributed by atoms with Gasteiger partial charge in [0.15, 0.2) is 23.3 Å². The molecular weight excluding hydrogens is 612 g/mol. The molecule has 0 atom stereocenters. The predicted octanol–water partition coefficient (Wildman–Crippen LogP) is 12.4. The van der Waals surface area contributed by atoms with E-state index in [2.05, 4.69) is 16.9 Å². The van der Waals surface area contributed by atoms with Gasteiger partial charge in [-0.25, -0.2) is 26.3 Å². The first-order valence-corrected chi connectivity index (χ1v) is 16.7. The first-order chi connectivity index (χ1) is 21.9. The topological polar surface area (TPSA) is 9.23 Å². The van der Waals surface area contributed by atoms with Gasteiger partial charge in [0.1, 0.15) is 17.4 Å². The molecule has 0 N–H and O–H groups in total. The highest BCUT2D eigenvalue weighted by molar-refractivity contribution is 5.61. The van der Waals surface area contributed by atoms with Crippen molar-refractivity contribution in [2.24, 2.45) is 29.6 Å². The number of allylic oxidation sites excluding steroid dienone is 3. The molecule has 0 heterocycles. The van der Waals surface area contributed by atoms with E-state index in [0.29, 0.717) is 54.2 Å². The van der Waals surface area contributed by atoms with E-state index in [1.807, 2.05) is 0 Å². The van der Waals surface area contributed by atoms with Gasteiger partial charge in [0.05, 0.1) is 5.92 Å². The molecule has 0 unspecified atom stereocenters. The molecule has 0 saturated heterocycles. The first kappa shape index (κ1) is 34.5. The summed E-state index contributed by atoms with van der Waals surface area (Å²) in [6.07, 6.45) is 10.5. The third-order valence-electron chi connectivity index (χ3n) is 10.6. The zero-order valence-corrected chi connectivity index (χ0v) is 26.1. The fraction of sp³-hybridized carbons (Fsp3) is 0.568. The summed E-state index contributed by atoms with van der Waals surface area (Å²) in [6.45, 7) is 1.51. The van der Waals surface area contributed by atoms with E-state index >= 15 is 0 Å². The van der Waals surface area contributed by atoms with Gasteiger partial charge in [0, 0.05) is 17.7 Å². The molecule has 3 saturated carbocycles. The Morgan fingerprint density at radius 1 is 0.717 bits per heavy atom. The summed E-state index contributed by atoms with van der Waals surface area (Å²) in [5.74, 6) is -7.20. The predicted molar refractivity (Wildman–Crippen MR) is 162 cm³/mol. The Morgan fingerprint density at radius 3 is 1.76 bits per heavy atom. The maximum absolute atomic E-state index is 14.8. The number of benzene rings is 2. The Bertz CT molecular complexity index is 1370. The summed E-state index contributed by atoms with van der Waals surface area (Å²) in [7, 11) is 0. The van der Waals surface area contributed by atoms with Gasteiger partial charge >= 0.3 is 6.11 Å². The van der Waals surface area contributed by atoms with Crippen molar-refractivity contribution in [1.29, 1.82) is 0 Å². The highest BCUT2D eigenvalue weighted by atomic mass is 19.3. The minimum atomic E-state index is -3.60. The average molecular weight is 655 g/mol. The van der Waals surface area contributed by atoms with Gasteiger partial charge in [0.2, 0.25) is 0 Å². The van der Waals surface area contributed by atoms with Gasteiger partial charge in [-0.15, -0.1) is 0 Å². The van der Waals surface area contributed by atoms with Crippen molar-refractivity contribution < 1.29 is 39.9 Å². The lowest BCUT2D eigenvalue weighted by molar-refractivity contribution is -0.224. The van der Waals surface area contributed by atoms with Crippen LogP contribution in [0.2, 0.25) is 0 Å². The molecular formula is C37H42F8O. The first-order valence-electron chi connectivity index (χ1n) is 16.7. The molecule has 5 rings (SSSR count). The standard InChI is InChI=1S/C37H42F8O/c1-2-31(38)35(42)27-15-18-30(32(39)19-27)26-11-7-23(8-12-26)4-3-22-5-9-24(10-6-22)25-13-16-28(17-14-25)37(44,45)46-29-20-33(40)36(43)34(41)21-29/h3-4,15,18-26,28H,2,5-14,16-17H2,1H3/b4-3+,35-31+. The van der Waals surface area contributed by atoms with Crippen LogP contribution >= 0.6 is 0 Å². The lowest BCUT2D eigenvalue weighted by Gasteiger charge is -2.39. The van der Waals surface area contributed by atoms with E-state index in [0.717, 1.165) is 57.4 Å². The smallest absolute Gasteiger partial charge is 0.400 e. The van der Waals surface area contributed by atoms with Gasteiger partial charge < -0.3 is 4.74 Å². The molecule has 9 heteroatoms. The van der Waals surface area contributed by atoms with Gasteiger partial charge in [-0.3, -0.25) is 0 Å². The molecule has 0 radical (unpaired) electrons. The summed E-state index contributed by atoms with van der Waals surface area (Å²) in [6, 6.07) is 5.04. The Labute approximate surface area is 266 Å². The lowest BCUT2D eigenvalue weighted by Crippen LogP contribution is -2.38. The van der Waals surface area contributed by atoms with E-state index in [1.165, 1.54) is 13.0 Å². The monoisotopic (exact) mass is 654 g/mol. The number of alkyl halides is 2. The van der Waals surface area contributed by atoms with Gasteiger partial charge in [0.25, 0.3) is 0 Å². The van der Waals surface area contributed by atoms with Crippen molar-refractivity contribution in [3.63, 3.8) is 0 Å². The zero-order chi connectivity index (χ0) is 33.0. The lowest BCUT2D eigenvalue weighted by atomic mass is 9.69. The minimum absolute atomic E-state index is 0.0627. The highest BCUT2D eigenvalue weighted by Crippen LogP contribution is 2.46. The Balaban J connectivity index is 1.03. The van der Waals surface area contributed by atoms with Crippen LogP contribution in [0.5, 0.6) is 5.75 Å². The van der Waals surface area contributed by atoms with E-state index in [9.17, 15) is 35.1 Å². The molecule has 0 aliphatic heterocycles. The number of rotatable bonds is 9. The van der Waals surface area contributed by atoms with Gasteiger partial charge in [-0.1, -0.05) is 31.2 Å². The van der Waals surface area contributed by atoms with Crippen LogP contribution in [-0.2, 0) is 0 Å². The fourth-order valence-electron chi connectivity index (χ4n) is 7.81. The maximum atomic E-state index is 14.8. The summed E-state index contributed by atoms with van der Waals surface area (Å²) < 4.78 is 117. The summed E-state index contributed by atoms with van der Waals surface area (Å²) in [4.78, 5) is 0. The quantitative estimate of drug-likeness (QED) is 0.149. The van der Waals surface area contributed by atoms with Gasteiger partial charge in [-0.2, -0.15) is 8.78 Å². The summed E-state index contributed by atoms with van der Waals surface area (Å²) in [5.41, 5.74) is 0.505. The van der Waals surface area contributed by atoms with Gasteiger partial charge in [-0.05, 0) is 125 Å². The van der Waals surface area contributed by atoms with Crippen LogP contribution < -0.4 is 4.74 Å². The second kappa shape index (κ2) is 14.9. The van der Waals surface area contributed by atoms with Crippen molar-refractivity contribution in [3.8, 4) is 5.75 Å². The van der Waals surface area contributed by atoms with E-state index in [1.54, 1.807) is 6.07 Å². The SMILES string of the molecule is CC/C(F)=C(\F)c1ccc(C2CCC(/C=C/C3CCC(C4CCC(C(F)(F)Oc5cc(F)c(F)c(F)c5)CC4)CC3)CC2)c(F)c1. The van der Waals surface area contributed by atoms with Crippen LogP contribution in [0.3, 0.4) is 0 Å². The summed E-state index contributed by atoms with van der Waals surface area (Å²) in [5, 5.41) is 0. The number of ether oxygens (including phenoxy) is 1. The molecule has 0 spiro atoms. The maximum Gasteiger partial charge on any atom is 0.400 e. The van der Waals surface area contributed by atoms with Crippen molar-refractivity contribution in [3.05, 3.63) is 82.7 Å². The molecule has 252 valence electrons. The molecule has 3 aliphatic rings. The largest absolute Gasteiger partial charge is 0.432 e. The van der Waals surface area contributed by atoms with Crippen LogP contribution in [0.25, 0.3) is 5.83 Å². The molecule has 2 aromatic rings. The zero-order valence-electron chi connectivity index (χ0n) is 26.1.